The minimum Gasteiger partial charge on any atom is -0.317 e. The van der Waals surface area contributed by atoms with Gasteiger partial charge in [-0.2, -0.15) is 10.2 Å². The van der Waals surface area contributed by atoms with Crippen LogP contribution in [-0.2, 0) is 12.0 Å². The lowest BCUT2D eigenvalue weighted by Gasteiger charge is -2.26. The van der Waals surface area contributed by atoms with Crippen molar-refractivity contribution in [2.24, 2.45) is 4.99 Å². The molecule has 1 aromatic heterocycles. The van der Waals surface area contributed by atoms with Crippen LogP contribution in [0.3, 0.4) is 0 Å². The van der Waals surface area contributed by atoms with Crippen LogP contribution in [0.2, 0.25) is 0 Å². The number of hydrogen-bond acceptors (Lipinski definition) is 5. The van der Waals surface area contributed by atoms with E-state index in [9.17, 15) is 0 Å². The Balaban J connectivity index is 1.93. The van der Waals surface area contributed by atoms with Gasteiger partial charge in [-0.3, -0.25) is 4.99 Å². The lowest BCUT2D eigenvalue weighted by molar-refractivity contribution is 0.590. The quantitative estimate of drug-likeness (QED) is 0.690. The largest absolute Gasteiger partial charge is 0.317 e. The Kier molecular flexibility index (Phi) is 6.20. The highest BCUT2D eigenvalue weighted by molar-refractivity contribution is 8.15. The summed E-state index contributed by atoms with van der Waals surface area (Å²) < 4.78 is 0. The molecule has 5 heteroatoms. The molecule has 0 spiro atoms. The van der Waals surface area contributed by atoms with Gasteiger partial charge in [0.05, 0.1) is 18.8 Å². The highest BCUT2D eigenvalue weighted by Crippen LogP contribution is 2.35. The maximum atomic E-state index is 5.07. The Morgan fingerprint density at radius 2 is 1.74 bits per heavy atom. The van der Waals surface area contributed by atoms with Gasteiger partial charge in [0, 0.05) is 17.1 Å². The van der Waals surface area contributed by atoms with E-state index in [4.69, 9.17) is 4.99 Å². The molecule has 144 valence electrons. The number of aliphatic imine (C=N–C) groups is 1. The van der Waals surface area contributed by atoms with Crippen molar-refractivity contribution in [3.05, 3.63) is 53.9 Å². The summed E-state index contributed by atoms with van der Waals surface area (Å²) in [7, 11) is 0. The maximum absolute atomic E-state index is 5.07. The van der Waals surface area contributed by atoms with Gasteiger partial charge in [-0.15, -0.1) is 0 Å². The fourth-order valence-electron chi connectivity index (χ4n) is 3.32. The molecule has 1 aromatic carbocycles. The van der Waals surface area contributed by atoms with Gasteiger partial charge in [-0.25, -0.2) is 0 Å². The van der Waals surface area contributed by atoms with Crippen molar-refractivity contribution in [3.63, 3.8) is 0 Å². The molecular weight excluding hydrogens is 352 g/mol. The van der Waals surface area contributed by atoms with Crippen LogP contribution < -0.4 is 4.90 Å². The van der Waals surface area contributed by atoms with E-state index >= 15 is 0 Å². The Morgan fingerprint density at radius 3 is 2.26 bits per heavy atom. The molecule has 2 heterocycles. The summed E-state index contributed by atoms with van der Waals surface area (Å²) in [5.74, 6) is 0. The Labute approximate surface area is 167 Å². The first-order chi connectivity index (χ1) is 12.9. The molecule has 1 aliphatic heterocycles. The molecule has 2 aromatic rings. The van der Waals surface area contributed by atoms with Gasteiger partial charge < -0.3 is 4.90 Å². The predicted molar refractivity (Wildman–Crippen MR) is 117 cm³/mol. The van der Waals surface area contributed by atoms with Crippen LogP contribution in [0.25, 0.3) is 0 Å². The van der Waals surface area contributed by atoms with Crippen LogP contribution in [0, 0.1) is 0 Å². The second-order valence-electron chi connectivity index (χ2n) is 8.09. The summed E-state index contributed by atoms with van der Waals surface area (Å²) in [6, 6.07) is 11.3. The summed E-state index contributed by atoms with van der Waals surface area (Å²) >= 11 is 1.92. The van der Waals surface area contributed by atoms with Crippen molar-refractivity contribution in [3.8, 4) is 0 Å². The number of hydrogen-bond donors (Lipinski definition) is 0. The van der Waals surface area contributed by atoms with Crippen molar-refractivity contribution in [2.45, 2.75) is 70.7 Å². The number of anilines is 1. The molecule has 0 fully saturated rings. The Hall–Kier alpha value is -1.88. The summed E-state index contributed by atoms with van der Waals surface area (Å²) in [4.78, 5) is 7.40. The highest BCUT2D eigenvalue weighted by Gasteiger charge is 2.31. The zero-order chi connectivity index (χ0) is 19.4. The molecular formula is C22H30N4S. The lowest BCUT2D eigenvalue weighted by Crippen LogP contribution is -2.27. The molecule has 0 bridgehead atoms. The van der Waals surface area contributed by atoms with Gasteiger partial charge in [0.15, 0.2) is 5.17 Å². The average Bonchev–Trinajstić information content (AvgIpc) is 3.09. The van der Waals surface area contributed by atoms with Crippen molar-refractivity contribution in [1.29, 1.82) is 0 Å². The number of thioether (sulfide) groups is 1. The van der Waals surface area contributed by atoms with Crippen LogP contribution in [0.5, 0.6) is 0 Å². The average molecular weight is 383 g/mol. The van der Waals surface area contributed by atoms with E-state index < -0.39 is 0 Å². The molecule has 3 rings (SSSR count). The third kappa shape index (κ3) is 4.70. The molecule has 0 radical (unpaired) electrons. The van der Waals surface area contributed by atoms with E-state index in [2.05, 4.69) is 74.0 Å². The van der Waals surface area contributed by atoms with Crippen LogP contribution >= 0.6 is 11.8 Å². The zero-order valence-electron chi connectivity index (χ0n) is 17.0. The predicted octanol–water partition coefficient (Wildman–Crippen LogP) is 5.44. The zero-order valence-corrected chi connectivity index (χ0v) is 17.8. The van der Waals surface area contributed by atoms with Crippen LogP contribution in [0.1, 0.15) is 58.6 Å². The summed E-state index contributed by atoms with van der Waals surface area (Å²) in [6.45, 7) is 12.0. The molecule has 4 nitrogen and oxygen atoms in total. The van der Waals surface area contributed by atoms with Crippen molar-refractivity contribution < 1.29 is 0 Å². The molecule has 2 atom stereocenters. The van der Waals surface area contributed by atoms with E-state index in [1.54, 1.807) is 6.20 Å². The molecule has 0 saturated heterocycles. The molecule has 27 heavy (non-hydrogen) atoms. The standard InChI is InChI=1S/C22H30N4S/c1-6-19-20(7-2)27-21(25-19)26(15-16-12-13-23-24-14-16)18-10-8-17(9-11-18)22(3,4)5/h8-14,19-20H,6-7,15H2,1-5H3. The van der Waals surface area contributed by atoms with E-state index in [-0.39, 0.29) is 5.41 Å². The number of rotatable bonds is 5. The van der Waals surface area contributed by atoms with Gasteiger partial charge in [0.2, 0.25) is 0 Å². The van der Waals surface area contributed by atoms with E-state index in [0.717, 1.165) is 30.1 Å². The van der Waals surface area contributed by atoms with E-state index in [1.165, 1.54) is 11.3 Å². The molecule has 0 saturated carbocycles. The fourth-order valence-corrected chi connectivity index (χ4v) is 4.66. The molecule has 0 N–H and O–H groups in total. The number of amidine groups is 1. The molecule has 0 amide bonds. The number of nitrogens with zero attached hydrogens (tertiary/aromatic N) is 4. The van der Waals surface area contributed by atoms with Gasteiger partial charge in [-0.1, -0.05) is 58.5 Å². The van der Waals surface area contributed by atoms with Gasteiger partial charge in [0.25, 0.3) is 0 Å². The lowest BCUT2D eigenvalue weighted by atomic mass is 9.87. The monoisotopic (exact) mass is 382 g/mol. The first-order valence-corrected chi connectivity index (χ1v) is 10.7. The van der Waals surface area contributed by atoms with Gasteiger partial charge in [-0.05, 0) is 47.6 Å². The first kappa shape index (κ1) is 19.9. The highest BCUT2D eigenvalue weighted by atomic mass is 32.2. The van der Waals surface area contributed by atoms with Crippen molar-refractivity contribution >= 4 is 22.6 Å². The minimum absolute atomic E-state index is 0.151. The summed E-state index contributed by atoms with van der Waals surface area (Å²) in [5.41, 5.74) is 3.81. The first-order valence-electron chi connectivity index (χ1n) is 9.80. The third-order valence-corrected chi connectivity index (χ3v) is 6.53. The fraction of sp³-hybridized carbons (Fsp3) is 0.500. The summed E-state index contributed by atoms with van der Waals surface area (Å²) in [5, 5.41) is 9.64. The van der Waals surface area contributed by atoms with Crippen molar-refractivity contribution in [1.82, 2.24) is 10.2 Å². The molecule has 1 aliphatic rings. The normalized spacial score (nSPS) is 19.8. The SMILES string of the molecule is CCC1N=C(N(Cc2ccnnc2)c2ccc(C(C)(C)C)cc2)SC1CC. The second kappa shape index (κ2) is 8.42. The maximum Gasteiger partial charge on any atom is 0.164 e. The Morgan fingerprint density at radius 1 is 1.00 bits per heavy atom. The second-order valence-corrected chi connectivity index (χ2v) is 9.29. The van der Waals surface area contributed by atoms with Gasteiger partial charge >= 0.3 is 0 Å². The summed E-state index contributed by atoms with van der Waals surface area (Å²) in [6.07, 6.45) is 5.82. The molecule has 2 unspecified atom stereocenters. The third-order valence-electron chi connectivity index (χ3n) is 5.04. The van der Waals surface area contributed by atoms with E-state index in [0.29, 0.717) is 11.3 Å². The van der Waals surface area contributed by atoms with Crippen LogP contribution in [-0.4, -0.2) is 26.7 Å². The van der Waals surface area contributed by atoms with Crippen LogP contribution in [0.4, 0.5) is 5.69 Å². The number of aromatic nitrogens is 2. The minimum atomic E-state index is 0.151. The molecule has 0 aliphatic carbocycles. The number of benzene rings is 1. The van der Waals surface area contributed by atoms with Crippen molar-refractivity contribution in [2.75, 3.05) is 4.90 Å². The topological polar surface area (TPSA) is 41.4 Å². The smallest absolute Gasteiger partial charge is 0.164 e. The van der Waals surface area contributed by atoms with Crippen LogP contribution in [0.15, 0.2) is 47.7 Å². The van der Waals surface area contributed by atoms with E-state index in [1.807, 2.05) is 24.0 Å². The Bertz CT molecular complexity index is 765. The van der Waals surface area contributed by atoms with Gasteiger partial charge in [0.1, 0.15) is 0 Å².